The van der Waals surface area contributed by atoms with Crippen LogP contribution in [0.5, 0.6) is 0 Å². The second-order valence-electron chi connectivity index (χ2n) is 13.1. The fourth-order valence-electron chi connectivity index (χ4n) is 8.33. The van der Waals surface area contributed by atoms with Crippen molar-refractivity contribution in [2.45, 2.75) is 15.2 Å². The van der Waals surface area contributed by atoms with Crippen molar-refractivity contribution in [3.8, 4) is 45.3 Å². The summed E-state index contributed by atoms with van der Waals surface area (Å²) in [6.07, 6.45) is 0. The van der Waals surface area contributed by atoms with Crippen LogP contribution < -0.4 is 0 Å². The summed E-state index contributed by atoms with van der Waals surface area (Å²) in [5, 5.41) is 2.09. The van der Waals surface area contributed by atoms with Crippen molar-refractivity contribution in [2.75, 3.05) is 0 Å². The standard InChI is InChI=1S/C46H27N3OS/c1-3-14-28(15-4-1)43-47-44(29-16-5-2-6-17-29)49-45(48-43)32-20-13-24-37-40(32)41-38(50-37)27-26-36-42(41)51-39-25-12-11-23-35(39)46(36)33-21-9-7-18-30(33)31-19-8-10-22-34(31)46/h1-27H. The van der Waals surface area contributed by atoms with E-state index < -0.39 is 5.41 Å². The molecule has 1 aliphatic carbocycles. The molecule has 7 aromatic carbocycles. The van der Waals surface area contributed by atoms with Crippen molar-refractivity contribution in [1.29, 1.82) is 0 Å². The van der Waals surface area contributed by atoms with Gasteiger partial charge in [-0.25, -0.2) is 15.0 Å². The summed E-state index contributed by atoms with van der Waals surface area (Å²) in [5.41, 5.74) is 11.7. The van der Waals surface area contributed by atoms with Gasteiger partial charge >= 0.3 is 0 Å². The fourth-order valence-corrected chi connectivity index (χ4v) is 9.66. The lowest BCUT2D eigenvalue weighted by molar-refractivity contribution is 0.666. The summed E-state index contributed by atoms with van der Waals surface area (Å²) in [6, 6.07) is 57.7. The molecule has 0 N–H and O–H groups in total. The average Bonchev–Trinajstić information content (AvgIpc) is 3.73. The maximum Gasteiger partial charge on any atom is 0.164 e. The molecule has 3 heterocycles. The van der Waals surface area contributed by atoms with Gasteiger partial charge in [-0.05, 0) is 51.6 Å². The molecule has 1 aliphatic heterocycles. The summed E-state index contributed by atoms with van der Waals surface area (Å²) in [7, 11) is 0. The van der Waals surface area contributed by atoms with E-state index in [9.17, 15) is 0 Å². The fraction of sp³-hybridized carbons (Fsp3) is 0.0217. The predicted molar refractivity (Wildman–Crippen MR) is 205 cm³/mol. The van der Waals surface area contributed by atoms with Gasteiger partial charge in [0.2, 0.25) is 0 Å². The van der Waals surface area contributed by atoms with E-state index in [0.717, 1.165) is 38.6 Å². The zero-order chi connectivity index (χ0) is 33.5. The van der Waals surface area contributed by atoms with Gasteiger partial charge in [0.05, 0.1) is 5.41 Å². The Morgan fingerprint density at radius 1 is 0.392 bits per heavy atom. The minimum absolute atomic E-state index is 0.481. The number of rotatable bonds is 3. The first-order valence-corrected chi connectivity index (χ1v) is 17.9. The van der Waals surface area contributed by atoms with Crippen molar-refractivity contribution < 1.29 is 4.42 Å². The van der Waals surface area contributed by atoms with Crippen LogP contribution in [0.2, 0.25) is 0 Å². The van der Waals surface area contributed by atoms with Crippen LogP contribution >= 0.6 is 11.8 Å². The largest absolute Gasteiger partial charge is 0.456 e. The first-order valence-electron chi connectivity index (χ1n) is 17.1. The number of nitrogens with zero attached hydrogens (tertiary/aromatic N) is 3. The molecule has 0 unspecified atom stereocenters. The Balaban J connectivity index is 1.24. The quantitative estimate of drug-likeness (QED) is 0.187. The van der Waals surface area contributed by atoms with Crippen LogP contribution in [0.4, 0.5) is 0 Å². The summed E-state index contributed by atoms with van der Waals surface area (Å²) in [4.78, 5) is 17.7. The number of hydrogen-bond donors (Lipinski definition) is 0. The highest BCUT2D eigenvalue weighted by Gasteiger charge is 2.50. The van der Waals surface area contributed by atoms with E-state index in [4.69, 9.17) is 19.4 Å². The van der Waals surface area contributed by atoms with Crippen LogP contribution in [0.15, 0.2) is 178 Å². The molecule has 0 fully saturated rings. The summed E-state index contributed by atoms with van der Waals surface area (Å²) in [6.45, 7) is 0. The van der Waals surface area contributed by atoms with Gasteiger partial charge < -0.3 is 4.42 Å². The van der Waals surface area contributed by atoms with Crippen molar-refractivity contribution in [3.05, 3.63) is 186 Å². The predicted octanol–water partition coefficient (Wildman–Crippen LogP) is 11.6. The van der Waals surface area contributed by atoms with E-state index in [1.807, 2.05) is 78.5 Å². The normalized spacial score (nSPS) is 13.6. The zero-order valence-electron chi connectivity index (χ0n) is 27.2. The maximum atomic E-state index is 6.70. The zero-order valence-corrected chi connectivity index (χ0v) is 28.1. The third-order valence-corrected chi connectivity index (χ3v) is 11.6. The van der Waals surface area contributed by atoms with Crippen LogP contribution in [0.25, 0.3) is 67.2 Å². The molecule has 2 aromatic heterocycles. The first kappa shape index (κ1) is 28.5. The molecule has 0 atom stereocenters. The highest BCUT2D eigenvalue weighted by molar-refractivity contribution is 7.99. The Morgan fingerprint density at radius 2 is 0.922 bits per heavy atom. The van der Waals surface area contributed by atoms with Gasteiger partial charge in [0, 0.05) is 37.3 Å². The van der Waals surface area contributed by atoms with E-state index in [1.54, 1.807) is 0 Å². The van der Waals surface area contributed by atoms with Crippen molar-refractivity contribution in [1.82, 2.24) is 15.0 Å². The highest BCUT2D eigenvalue weighted by atomic mass is 32.2. The van der Waals surface area contributed by atoms with Gasteiger partial charge in [-0.2, -0.15) is 0 Å². The molecular weight excluding hydrogens is 643 g/mol. The van der Waals surface area contributed by atoms with E-state index in [-0.39, 0.29) is 0 Å². The third kappa shape index (κ3) is 4.01. The number of aromatic nitrogens is 3. The molecule has 4 nitrogen and oxygen atoms in total. The summed E-state index contributed by atoms with van der Waals surface area (Å²) >= 11 is 1.83. The Kier molecular flexibility index (Phi) is 6.07. The maximum absolute atomic E-state index is 6.70. The van der Waals surface area contributed by atoms with Gasteiger partial charge in [0.1, 0.15) is 11.2 Å². The SMILES string of the molecule is c1ccc(-c2nc(-c3ccccc3)nc(-c3cccc4oc5ccc6c(c5c34)Sc3ccccc3C63c4ccccc4-c4ccccc43)n2)cc1. The molecule has 9 aromatic rings. The minimum Gasteiger partial charge on any atom is -0.456 e. The molecule has 51 heavy (non-hydrogen) atoms. The van der Waals surface area contributed by atoms with Gasteiger partial charge in [0.25, 0.3) is 0 Å². The molecule has 1 spiro atoms. The van der Waals surface area contributed by atoms with E-state index >= 15 is 0 Å². The van der Waals surface area contributed by atoms with Crippen LogP contribution in [0.3, 0.4) is 0 Å². The number of furan rings is 1. The van der Waals surface area contributed by atoms with Gasteiger partial charge in [0.15, 0.2) is 17.5 Å². The lowest BCUT2D eigenvalue weighted by atomic mass is 9.67. The third-order valence-electron chi connectivity index (χ3n) is 10.4. The van der Waals surface area contributed by atoms with E-state index in [2.05, 4.69) is 97.1 Å². The molecule has 0 radical (unpaired) electrons. The lowest BCUT2D eigenvalue weighted by Gasteiger charge is -2.39. The lowest BCUT2D eigenvalue weighted by Crippen LogP contribution is -2.32. The Hall–Kier alpha value is -6.30. The summed E-state index contributed by atoms with van der Waals surface area (Å²) in [5.74, 6) is 1.88. The molecule has 0 amide bonds. The van der Waals surface area contributed by atoms with Crippen LogP contribution in [0, 0.1) is 0 Å². The van der Waals surface area contributed by atoms with Gasteiger partial charge in [-0.15, -0.1) is 0 Å². The van der Waals surface area contributed by atoms with Crippen LogP contribution in [0.1, 0.15) is 22.3 Å². The van der Waals surface area contributed by atoms with Crippen molar-refractivity contribution in [3.63, 3.8) is 0 Å². The smallest absolute Gasteiger partial charge is 0.164 e. The number of hydrogen-bond acceptors (Lipinski definition) is 5. The highest BCUT2D eigenvalue weighted by Crippen LogP contribution is 2.63. The topological polar surface area (TPSA) is 51.8 Å². The minimum atomic E-state index is -0.481. The van der Waals surface area contributed by atoms with E-state index in [1.165, 1.54) is 43.2 Å². The van der Waals surface area contributed by atoms with Crippen molar-refractivity contribution in [2.24, 2.45) is 0 Å². The monoisotopic (exact) mass is 669 g/mol. The molecule has 5 heteroatoms. The van der Waals surface area contributed by atoms with Crippen molar-refractivity contribution >= 4 is 33.7 Å². The molecule has 2 aliphatic rings. The van der Waals surface area contributed by atoms with Crippen LogP contribution in [-0.4, -0.2) is 15.0 Å². The van der Waals surface area contributed by atoms with E-state index in [0.29, 0.717) is 17.5 Å². The number of fused-ring (bicyclic) bond motifs is 13. The van der Waals surface area contributed by atoms with Gasteiger partial charge in [-0.1, -0.05) is 157 Å². The molecule has 0 saturated heterocycles. The molecular formula is C46H27N3OS. The second-order valence-corrected chi connectivity index (χ2v) is 14.1. The Labute approximate surface area is 298 Å². The molecule has 11 rings (SSSR count). The Morgan fingerprint density at radius 3 is 1.59 bits per heavy atom. The summed E-state index contributed by atoms with van der Waals surface area (Å²) < 4.78 is 6.70. The first-order chi connectivity index (χ1) is 25.3. The number of benzene rings is 7. The second kappa shape index (κ2) is 10.8. The molecule has 0 saturated carbocycles. The van der Waals surface area contributed by atoms with Crippen LogP contribution in [-0.2, 0) is 5.41 Å². The van der Waals surface area contributed by atoms with Gasteiger partial charge in [-0.3, -0.25) is 0 Å². The average molecular weight is 670 g/mol. The Bertz CT molecular complexity index is 2740. The molecule has 238 valence electrons. The molecule has 0 bridgehead atoms.